The highest BCUT2D eigenvalue weighted by molar-refractivity contribution is 7.91. The lowest BCUT2D eigenvalue weighted by Gasteiger charge is -2.05. The van der Waals surface area contributed by atoms with Crippen LogP contribution in [0.3, 0.4) is 0 Å². The van der Waals surface area contributed by atoms with Crippen molar-refractivity contribution in [2.24, 2.45) is 0 Å². The zero-order valence-corrected chi connectivity index (χ0v) is 21.9. The molecule has 38 heavy (non-hydrogen) atoms. The van der Waals surface area contributed by atoms with E-state index >= 15 is 0 Å². The average Bonchev–Trinajstić information content (AvgIpc) is 2.85. The van der Waals surface area contributed by atoms with E-state index < -0.39 is 24.6 Å². The third kappa shape index (κ3) is 8.21. The molecule has 0 amide bonds. The van der Waals surface area contributed by atoms with Crippen LogP contribution in [-0.2, 0) is 19.7 Å². The maximum absolute atomic E-state index is 12.2. The second-order valence-electron chi connectivity index (χ2n) is 7.72. The van der Waals surface area contributed by atoms with Gasteiger partial charge in [-0.3, -0.25) is 10.1 Å². The lowest BCUT2D eigenvalue weighted by atomic mass is 10.3. The molecule has 200 valence electrons. The summed E-state index contributed by atoms with van der Waals surface area (Å²) < 4.78 is 48.7. The highest BCUT2D eigenvalue weighted by Gasteiger charge is 2.17. The lowest BCUT2D eigenvalue weighted by Crippen LogP contribution is -2.02. The first-order chi connectivity index (χ1) is 17.7. The summed E-state index contributed by atoms with van der Waals surface area (Å²) in [7, 11) is -6.08. The average molecular weight is 558 g/mol. The Balaban J connectivity index is 0.000000234. The Morgan fingerprint density at radius 2 is 0.605 bits per heavy atom. The van der Waals surface area contributed by atoms with Gasteiger partial charge in [0, 0.05) is 27.7 Å². The van der Waals surface area contributed by atoms with Crippen LogP contribution in [0.1, 0.15) is 0 Å². The molecule has 8 N–H and O–H groups in total. The Hall–Kier alpha value is -4.62. The fourth-order valence-electron chi connectivity index (χ4n) is 2.86. The van der Waals surface area contributed by atoms with Crippen molar-refractivity contribution >= 4 is 42.4 Å². The number of anilines is 4. The molecule has 0 saturated heterocycles. The quantitative estimate of drug-likeness (QED) is 0.163. The van der Waals surface area contributed by atoms with Gasteiger partial charge in [0.1, 0.15) is 0 Å². The molecule has 0 saturated carbocycles. The van der Waals surface area contributed by atoms with Crippen LogP contribution >= 0.6 is 0 Å². The number of hydrogen-bond acceptors (Lipinski definition) is 10. The van der Waals surface area contributed by atoms with Gasteiger partial charge in [-0.05, 0) is 97.1 Å². The van der Waals surface area contributed by atoms with E-state index in [4.69, 9.17) is 33.0 Å². The third-order valence-electron chi connectivity index (χ3n) is 4.76. The Bertz CT molecular complexity index is 1350. The Morgan fingerprint density at radius 3 is 0.737 bits per heavy atom. The number of nitrogen functional groups attached to an aromatic ring is 4. The second kappa shape index (κ2) is 12.6. The highest BCUT2D eigenvalue weighted by atomic mass is 32.2. The molecule has 0 aliphatic carbocycles. The normalized spacial score (nSPS) is 10.8. The molecule has 0 spiro atoms. The van der Waals surface area contributed by atoms with Gasteiger partial charge in [-0.25, -0.2) is 16.8 Å². The molecule has 11 nitrogen and oxygen atoms in total. The van der Waals surface area contributed by atoms with Crippen molar-refractivity contribution in [1.29, 1.82) is 0 Å². The van der Waals surface area contributed by atoms with Gasteiger partial charge < -0.3 is 22.9 Å². The molecule has 13 heteroatoms. The van der Waals surface area contributed by atoms with E-state index in [-0.39, 0.29) is 19.6 Å². The summed E-state index contributed by atoms with van der Waals surface area (Å²) >= 11 is 0. The maximum atomic E-state index is 12.2. The zero-order chi connectivity index (χ0) is 28.5. The van der Waals surface area contributed by atoms with Crippen LogP contribution in [0.5, 0.6) is 0 Å². The first-order valence-electron chi connectivity index (χ1n) is 10.7. The molecule has 0 aliphatic rings. The van der Waals surface area contributed by atoms with Crippen LogP contribution in [-0.4, -0.2) is 28.8 Å². The molecule has 4 aromatic rings. The minimum Gasteiger partial charge on any atom is -0.399 e. The molecule has 0 aliphatic heterocycles. The van der Waals surface area contributed by atoms with Crippen LogP contribution < -0.4 is 22.9 Å². The van der Waals surface area contributed by atoms with Crippen molar-refractivity contribution in [1.82, 2.24) is 0 Å². The van der Waals surface area contributed by atoms with Crippen molar-refractivity contribution in [3.63, 3.8) is 0 Å². The number of nitro groups is 1. The topological polar surface area (TPSA) is 216 Å². The summed E-state index contributed by atoms with van der Waals surface area (Å²) in [5.41, 5.74) is 24.2. The molecule has 0 fully saturated rings. The minimum absolute atomic E-state index is 0.219. The van der Waals surface area contributed by atoms with Gasteiger partial charge in [-0.15, -0.1) is 0 Å². The Labute approximate surface area is 220 Å². The molecule has 0 bridgehead atoms. The molecular weight excluding hydrogens is 530 g/mol. The SMILES string of the molecule is C[N+](=O)[O-].Nc1ccc(S(=O)(=O)c2ccc(N)cc2)cc1.Nc1ccc(S(=O)(=O)c2ccc(N)cc2)cc1. The standard InChI is InChI=1S/2C12H12N2O2S.CH3NO2/c2*13-9-1-5-11(6-2-9)17(15,16)12-7-3-10(14)4-8-12;1-2(3)4/h2*1-8H,13-14H2;1H3. The van der Waals surface area contributed by atoms with E-state index in [2.05, 4.69) is 0 Å². The number of nitrogens with zero attached hydrogens (tertiary/aromatic N) is 1. The molecule has 4 rings (SSSR count). The number of rotatable bonds is 4. The van der Waals surface area contributed by atoms with E-state index in [0.29, 0.717) is 22.7 Å². The van der Waals surface area contributed by atoms with Gasteiger partial charge in [-0.1, -0.05) is 0 Å². The summed E-state index contributed by atoms with van der Waals surface area (Å²) in [6, 6.07) is 24.4. The van der Waals surface area contributed by atoms with Crippen LogP contribution in [0.4, 0.5) is 22.7 Å². The number of benzene rings is 4. The Morgan fingerprint density at radius 1 is 0.474 bits per heavy atom. The van der Waals surface area contributed by atoms with Crippen molar-refractivity contribution in [2.75, 3.05) is 30.0 Å². The summed E-state index contributed by atoms with van der Waals surface area (Å²) in [5.74, 6) is 0. The van der Waals surface area contributed by atoms with Gasteiger partial charge in [0.2, 0.25) is 19.7 Å². The first kappa shape index (κ1) is 29.6. The van der Waals surface area contributed by atoms with E-state index in [0.717, 1.165) is 7.05 Å². The molecule has 0 radical (unpaired) electrons. The molecule has 0 heterocycles. The van der Waals surface area contributed by atoms with Gasteiger partial charge in [0.15, 0.2) is 7.05 Å². The maximum Gasteiger partial charge on any atom is 0.206 e. The van der Waals surface area contributed by atoms with Gasteiger partial charge in [0.05, 0.1) is 19.6 Å². The second-order valence-corrected chi connectivity index (χ2v) is 11.6. The third-order valence-corrected chi connectivity index (χ3v) is 8.33. The number of hydrogen-bond donors (Lipinski definition) is 4. The summed E-state index contributed by atoms with van der Waals surface area (Å²) in [4.78, 5) is 9.18. The fourth-order valence-corrected chi connectivity index (χ4v) is 5.38. The van der Waals surface area contributed by atoms with Crippen LogP contribution in [0, 0.1) is 10.1 Å². The van der Waals surface area contributed by atoms with Crippen LogP contribution in [0.15, 0.2) is 117 Å². The van der Waals surface area contributed by atoms with E-state index in [1.165, 1.54) is 48.5 Å². The lowest BCUT2D eigenvalue weighted by molar-refractivity contribution is -0.445. The first-order valence-corrected chi connectivity index (χ1v) is 13.7. The fraction of sp³-hybridized carbons (Fsp3) is 0.0400. The van der Waals surface area contributed by atoms with Crippen molar-refractivity contribution in [2.45, 2.75) is 19.6 Å². The van der Waals surface area contributed by atoms with Crippen molar-refractivity contribution in [3.05, 3.63) is 107 Å². The smallest absolute Gasteiger partial charge is 0.206 e. The monoisotopic (exact) mass is 557 g/mol. The molecule has 4 aromatic carbocycles. The van der Waals surface area contributed by atoms with E-state index in [1.807, 2.05) is 0 Å². The largest absolute Gasteiger partial charge is 0.399 e. The number of sulfone groups is 2. The molecule has 0 atom stereocenters. The van der Waals surface area contributed by atoms with Crippen molar-refractivity contribution in [3.8, 4) is 0 Å². The minimum atomic E-state index is -3.48. The van der Waals surface area contributed by atoms with Crippen LogP contribution in [0.2, 0.25) is 0 Å². The summed E-state index contributed by atoms with van der Waals surface area (Å²) in [6.45, 7) is 0. The number of nitrogens with two attached hydrogens (primary N) is 4. The predicted molar refractivity (Wildman–Crippen MR) is 147 cm³/mol. The molecule has 0 unspecified atom stereocenters. The Kier molecular flexibility index (Phi) is 9.79. The van der Waals surface area contributed by atoms with Crippen molar-refractivity contribution < 1.29 is 21.8 Å². The summed E-state index contributed by atoms with van der Waals surface area (Å²) in [6.07, 6.45) is 0. The molecule has 0 aromatic heterocycles. The van der Waals surface area contributed by atoms with E-state index in [9.17, 15) is 16.8 Å². The highest BCUT2D eigenvalue weighted by Crippen LogP contribution is 2.23. The zero-order valence-electron chi connectivity index (χ0n) is 20.3. The van der Waals surface area contributed by atoms with Gasteiger partial charge >= 0.3 is 0 Å². The predicted octanol–water partition coefficient (Wildman–Crippen LogP) is 3.26. The molecular formula is C25H27N5O6S2. The van der Waals surface area contributed by atoms with Crippen LogP contribution in [0.25, 0.3) is 0 Å². The summed E-state index contributed by atoms with van der Waals surface area (Å²) in [5, 5.41) is 8.81. The van der Waals surface area contributed by atoms with E-state index in [1.54, 1.807) is 48.5 Å². The van der Waals surface area contributed by atoms with Gasteiger partial charge in [0.25, 0.3) is 0 Å². The van der Waals surface area contributed by atoms with Gasteiger partial charge in [-0.2, -0.15) is 0 Å².